The summed E-state index contributed by atoms with van der Waals surface area (Å²) >= 11 is 0. The summed E-state index contributed by atoms with van der Waals surface area (Å²) in [6.45, 7) is 30.0. The molecule has 0 aliphatic rings. The lowest BCUT2D eigenvalue weighted by atomic mass is 10.1. The molecular weight excluding hydrogens is 1420 g/mol. The number of hydrogen-bond acceptors (Lipinski definition) is 14. The second-order valence-corrected chi connectivity index (χ2v) is 34.0. The Bertz CT molecular complexity index is 2540. The van der Waals surface area contributed by atoms with Crippen LogP contribution in [0.3, 0.4) is 0 Å². The number of ether oxygens (including phenoxy) is 4. The number of allylic oxidation sites excluding steroid dienone is 4. The molecule has 4 unspecified atom stereocenters. The summed E-state index contributed by atoms with van der Waals surface area (Å²) in [6.07, 6.45) is 50.5. The molecule has 0 aromatic heterocycles. The molecule has 0 heterocycles. The Morgan fingerprint density at radius 3 is 0.759 bits per heavy atom. The van der Waals surface area contributed by atoms with Crippen LogP contribution in [0.15, 0.2) is 24.3 Å². The topological polar surface area (TPSA) is 328 Å². The van der Waals surface area contributed by atoms with Crippen molar-refractivity contribution in [3.05, 3.63) is 24.3 Å². The van der Waals surface area contributed by atoms with Crippen LogP contribution in [0.25, 0.3) is 0 Å². The van der Waals surface area contributed by atoms with Crippen LogP contribution in [0.4, 0.5) is 19.2 Å². The molecule has 10 N–H and O–H groups in total. The van der Waals surface area contributed by atoms with Gasteiger partial charge in [0, 0.05) is 52.6 Å². The molecule has 0 bridgehead atoms. The Balaban J connectivity index is 0. The summed E-state index contributed by atoms with van der Waals surface area (Å²) in [5.41, 5.74) is -2.63. The van der Waals surface area contributed by atoms with Gasteiger partial charge < -0.3 is 72.1 Å². The molecular formula is C88H166N10O14. The van der Waals surface area contributed by atoms with Crippen LogP contribution in [0, 0.1) is 0 Å². The largest absolute Gasteiger partial charge is 0.444 e. The summed E-state index contributed by atoms with van der Waals surface area (Å²) in [5, 5.41) is 28.1. The van der Waals surface area contributed by atoms with Crippen LogP contribution in [0.5, 0.6) is 0 Å². The van der Waals surface area contributed by atoms with Crippen molar-refractivity contribution >= 4 is 59.8 Å². The third-order valence-corrected chi connectivity index (χ3v) is 18.1. The first kappa shape index (κ1) is 107. The van der Waals surface area contributed by atoms with E-state index in [1.165, 1.54) is 109 Å². The molecule has 0 rings (SSSR count). The summed E-state index contributed by atoms with van der Waals surface area (Å²) < 4.78 is 21.3. The Morgan fingerprint density at radius 1 is 0.259 bits per heavy atom. The van der Waals surface area contributed by atoms with Crippen molar-refractivity contribution in [1.29, 1.82) is 0 Å². The molecule has 0 saturated heterocycles. The lowest BCUT2D eigenvalue weighted by Crippen LogP contribution is -2.48. The van der Waals surface area contributed by atoms with Crippen LogP contribution in [0.2, 0.25) is 0 Å². The van der Waals surface area contributed by atoms with Gasteiger partial charge in [0.25, 0.3) is 0 Å². The average Bonchev–Trinajstić information content (AvgIpc) is 0.904. The fraction of sp³-hybridized carbons (Fsp3) is 0.841. The molecule has 0 aromatic carbocycles. The van der Waals surface area contributed by atoms with Crippen LogP contribution in [-0.4, -0.2) is 146 Å². The number of hydrogen-bond donors (Lipinski definition) is 10. The SMILES string of the molecule is CCCCCCCC/C=C\CCCCCCCC(=O)NC(CCCCNC(=O)C(CCCCNC(=O)OC(C)(C)C)NC(=O)OC(C)(C)C)C(=O)NC.CCCCCCCC/C=C\CCCCCCCC(=O)NC(CCCCNC(=O)C(CCCCNC(=O)OC(C)(C)C)NC(=O)OC(C)(C)C)C(=O)NCCCCCCC. The molecule has 0 saturated carbocycles. The predicted octanol–water partition coefficient (Wildman–Crippen LogP) is 18.6. The Hall–Kier alpha value is -6.62. The molecule has 652 valence electrons. The minimum Gasteiger partial charge on any atom is -0.444 e. The smallest absolute Gasteiger partial charge is 0.408 e. The number of nitrogens with one attached hydrogen (secondary N) is 10. The van der Waals surface area contributed by atoms with E-state index in [0.717, 1.165) is 89.9 Å². The van der Waals surface area contributed by atoms with Crippen molar-refractivity contribution in [3.63, 3.8) is 0 Å². The van der Waals surface area contributed by atoms with E-state index in [9.17, 15) is 47.9 Å². The van der Waals surface area contributed by atoms with Crippen LogP contribution in [0.1, 0.15) is 393 Å². The third kappa shape index (κ3) is 73.5. The molecule has 24 nitrogen and oxygen atoms in total. The maximum absolute atomic E-state index is 13.2. The normalized spacial score (nSPS) is 12.8. The zero-order chi connectivity index (χ0) is 84.2. The number of amides is 10. The average molecular weight is 1590 g/mol. The molecule has 0 aliphatic heterocycles. The summed E-state index contributed by atoms with van der Waals surface area (Å²) in [7, 11) is 1.55. The Kier molecular flexibility index (Phi) is 65.9. The van der Waals surface area contributed by atoms with Crippen LogP contribution >= 0.6 is 0 Å². The number of alkyl carbamates (subject to hydrolysis) is 4. The molecule has 0 aliphatic carbocycles. The van der Waals surface area contributed by atoms with Gasteiger partial charge >= 0.3 is 24.4 Å². The summed E-state index contributed by atoms with van der Waals surface area (Å²) in [5.74, 6) is -1.30. The van der Waals surface area contributed by atoms with Crippen molar-refractivity contribution in [1.82, 2.24) is 53.2 Å². The van der Waals surface area contributed by atoms with Gasteiger partial charge in [-0.1, -0.05) is 173 Å². The van der Waals surface area contributed by atoms with Crippen molar-refractivity contribution < 1.29 is 66.9 Å². The monoisotopic (exact) mass is 1590 g/mol. The molecule has 0 spiro atoms. The quantitative estimate of drug-likeness (QED) is 0.0154. The van der Waals surface area contributed by atoms with Gasteiger partial charge in [-0.05, 0) is 231 Å². The molecule has 24 heteroatoms. The molecule has 4 atom stereocenters. The lowest BCUT2D eigenvalue weighted by molar-refractivity contribution is -0.129. The number of carbonyl (C=O) groups is 10. The first-order valence-corrected chi connectivity index (χ1v) is 44.0. The van der Waals surface area contributed by atoms with E-state index in [0.29, 0.717) is 123 Å². The second-order valence-electron chi connectivity index (χ2n) is 34.0. The highest BCUT2D eigenvalue weighted by Gasteiger charge is 2.28. The standard InChI is InChI=1S/C47H89N5O7.C41H77N5O7/c1-9-11-13-15-16-17-18-19-20-21-22-23-24-25-27-35-41(53)51-39(42(54)48-36-30-26-14-12-10-2)33-28-31-37-49-43(55)40(52-45(57)59-47(6,7)8)34-29-32-38-50-44(56)58-46(3,4)5;1-9-10-11-12-13-14-15-16-17-18-19-20-21-22-23-30-35(47)45-33(36(48)42-8)28-24-26-31-43-37(49)34(46-39(51)53-41(5,6)7)29-25-27-32-44-38(50)52-40(2,3)4/h19-20,39-40H,9-18,21-38H2,1-8H3,(H,48,54)(H,49,55)(H,50,56)(H,51,53)(H,52,57);16-17,33-34H,9-15,18-32H2,1-8H3,(H,42,48)(H,43,49)(H,44,50)(H,45,47)(H,46,51)/b20-19-;17-16-. The molecule has 112 heavy (non-hydrogen) atoms. The van der Waals surface area contributed by atoms with E-state index >= 15 is 0 Å². The number of carbonyl (C=O) groups excluding carboxylic acids is 10. The van der Waals surface area contributed by atoms with Gasteiger partial charge in [-0.2, -0.15) is 0 Å². The summed E-state index contributed by atoms with van der Waals surface area (Å²) in [4.78, 5) is 126. The van der Waals surface area contributed by atoms with E-state index in [1.54, 1.807) is 90.1 Å². The van der Waals surface area contributed by atoms with Crippen molar-refractivity contribution in [2.45, 2.75) is 439 Å². The lowest BCUT2D eigenvalue weighted by Gasteiger charge is -2.23. The van der Waals surface area contributed by atoms with Crippen LogP contribution < -0.4 is 53.2 Å². The van der Waals surface area contributed by atoms with Gasteiger partial charge in [0.2, 0.25) is 35.4 Å². The minimum absolute atomic E-state index is 0.101. The predicted molar refractivity (Wildman–Crippen MR) is 455 cm³/mol. The zero-order valence-corrected chi connectivity index (χ0v) is 73.7. The Morgan fingerprint density at radius 2 is 0.482 bits per heavy atom. The zero-order valence-electron chi connectivity index (χ0n) is 73.7. The van der Waals surface area contributed by atoms with Gasteiger partial charge in [-0.25, -0.2) is 19.2 Å². The number of unbranched alkanes of at least 4 members (excludes halogenated alkanes) is 30. The number of rotatable bonds is 64. The first-order valence-electron chi connectivity index (χ1n) is 44.0. The van der Waals surface area contributed by atoms with Gasteiger partial charge in [0.15, 0.2) is 0 Å². The van der Waals surface area contributed by atoms with Gasteiger partial charge in [0.1, 0.15) is 46.6 Å². The van der Waals surface area contributed by atoms with E-state index in [4.69, 9.17) is 18.9 Å². The van der Waals surface area contributed by atoms with Crippen molar-refractivity contribution in [2.75, 3.05) is 39.8 Å². The van der Waals surface area contributed by atoms with Crippen molar-refractivity contribution in [2.24, 2.45) is 0 Å². The minimum atomic E-state index is -0.821. The fourth-order valence-corrected chi connectivity index (χ4v) is 12.0. The molecule has 0 fully saturated rings. The second kappa shape index (κ2) is 68.8. The maximum atomic E-state index is 13.2. The van der Waals surface area contributed by atoms with Crippen LogP contribution in [-0.2, 0) is 47.7 Å². The van der Waals surface area contributed by atoms with E-state index < -0.39 is 70.9 Å². The fourth-order valence-electron chi connectivity index (χ4n) is 12.0. The van der Waals surface area contributed by atoms with Gasteiger partial charge in [0.05, 0.1) is 0 Å². The highest BCUT2D eigenvalue weighted by molar-refractivity contribution is 5.89. The highest BCUT2D eigenvalue weighted by Crippen LogP contribution is 2.17. The summed E-state index contributed by atoms with van der Waals surface area (Å²) in [6, 6.07) is -2.91. The number of likely N-dealkylation sites (N-methyl/N-ethyl adjacent to an activating group) is 1. The van der Waals surface area contributed by atoms with Gasteiger partial charge in [-0.15, -0.1) is 0 Å². The molecule has 10 amide bonds. The maximum Gasteiger partial charge on any atom is 0.408 e. The van der Waals surface area contributed by atoms with E-state index in [-0.39, 0.29) is 35.4 Å². The Labute approximate surface area is 680 Å². The van der Waals surface area contributed by atoms with E-state index in [2.05, 4.69) is 98.2 Å². The van der Waals surface area contributed by atoms with E-state index in [1.807, 2.05) is 0 Å². The van der Waals surface area contributed by atoms with Gasteiger partial charge in [-0.3, -0.25) is 28.8 Å². The molecule has 0 aromatic rings. The third-order valence-electron chi connectivity index (χ3n) is 18.1. The molecule has 0 radical (unpaired) electrons. The highest BCUT2D eigenvalue weighted by atomic mass is 16.6. The first-order chi connectivity index (χ1) is 53.1. The van der Waals surface area contributed by atoms with Crippen molar-refractivity contribution in [3.8, 4) is 0 Å².